The van der Waals surface area contributed by atoms with Crippen LogP contribution in [0.15, 0.2) is 224 Å². The third kappa shape index (κ3) is 5.44. The van der Waals surface area contributed by atoms with Crippen molar-refractivity contribution in [3.63, 3.8) is 0 Å². The molecule has 1 aromatic heterocycles. The fourth-order valence-electron chi connectivity index (χ4n) is 9.18. The quantitative estimate of drug-likeness (QED) is 0.157. The molecule has 9 aromatic carbocycles. The van der Waals surface area contributed by atoms with Crippen molar-refractivity contribution in [3.05, 3.63) is 247 Å². The van der Waals surface area contributed by atoms with Gasteiger partial charge in [0.2, 0.25) is 0 Å². The summed E-state index contributed by atoms with van der Waals surface area (Å²) < 4.78 is 2.63. The van der Waals surface area contributed by atoms with Crippen LogP contribution in [-0.4, -0.2) is 0 Å². The van der Waals surface area contributed by atoms with Gasteiger partial charge in [0.05, 0.1) is 5.41 Å². The van der Waals surface area contributed by atoms with Crippen molar-refractivity contribution in [2.45, 2.75) is 5.41 Å². The molecule has 0 saturated heterocycles. The molecule has 11 rings (SSSR count). The Balaban J connectivity index is 1.13. The number of fused-ring (bicyclic) bond motifs is 6. The molecule has 0 amide bonds. The highest BCUT2D eigenvalue weighted by molar-refractivity contribution is 7.25. The van der Waals surface area contributed by atoms with E-state index in [1.54, 1.807) is 0 Å². The zero-order valence-corrected chi connectivity index (χ0v) is 32.0. The van der Waals surface area contributed by atoms with Gasteiger partial charge in [-0.05, 0) is 110 Å². The Morgan fingerprint density at radius 3 is 1.42 bits per heavy atom. The predicted octanol–water partition coefficient (Wildman–Crippen LogP) is 15.2. The first-order chi connectivity index (χ1) is 28.3. The van der Waals surface area contributed by atoms with E-state index in [9.17, 15) is 0 Å². The molecule has 1 aliphatic rings. The van der Waals surface area contributed by atoms with Crippen molar-refractivity contribution in [1.29, 1.82) is 0 Å². The zero-order valence-electron chi connectivity index (χ0n) is 31.2. The molecule has 0 radical (unpaired) electrons. The average Bonchev–Trinajstić information content (AvgIpc) is 3.81. The van der Waals surface area contributed by atoms with E-state index >= 15 is 0 Å². The van der Waals surface area contributed by atoms with Gasteiger partial charge in [-0.1, -0.05) is 170 Å². The number of hydrogen-bond donors (Lipinski definition) is 0. The van der Waals surface area contributed by atoms with Crippen LogP contribution in [0.1, 0.15) is 22.3 Å². The van der Waals surface area contributed by atoms with E-state index in [1.807, 2.05) is 11.3 Å². The molecule has 0 N–H and O–H groups in total. The van der Waals surface area contributed by atoms with E-state index < -0.39 is 5.41 Å². The van der Waals surface area contributed by atoms with Crippen LogP contribution in [0.3, 0.4) is 0 Å². The van der Waals surface area contributed by atoms with E-state index in [4.69, 9.17) is 0 Å². The number of benzene rings is 9. The first kappa shape index (κ1) is 33.3. The lowest BCUT2D eigenvalue weighted by atomic mass is 9.67. The maximum absolute atomic E-state index is 2.47. The van der Waals surface area contributed by atoms with Gasteiger partial charge in [0.15, 0.2) is 0 Å². The predicted molar refractivity (Wildman–Crippen MR) is 242 cm³/mol. The van der Waals surface area contributed by atoms with Crippen LogP contribution in [0.5, 0.6) is 0 Å². The number of thiophene rings is 1. The highest BCUT2D eigenvalue weighted by Crippen LogP contribution is 2.57. The van der Waals surface area contributed by atoms with Crippen LogP contribution < -0.4 is 4.90 Å². The average molecular weight is 744 g/mol. The second-order valence-corrected chi connectivity index (χ2v) is 15.9. The van der Waals surface area contributed by atoms with Crippen LogP contribution in [-0.2, 0) is 5.41 Å². The van der Waals surface area contributed by atoms with E-state index in [1.165, 1.54) is 75.8 Å². The van der Waals surface area contributed by atoms with Crippen LogP contribution >= 0.6 is 11.3 Å². The second-order valence-electron chi connectivity index (χ2n) is 14.9. The minimum atomic E-state index is -0.541. The van der Waals surface area contributed by atoms with Gasteiger partial charge in [-0.3, -0.25) is 0 Å². The molecule has 57 heavy (non-hydrogen) atoms. The highest BCUT2D eigenvalue weighted by atomic mass is 32.1. The Labute approximate surface area is 337 Å². The number of nitrogens with zero attached hydrogens (tertiary/aromatic N) is 1. The van der Waals surface area contributed by atoms with Gasteiger partial charge in [0.1, 0.15) is 0 Å². The number of anilines is 3. The van der Waals surface area contributed by atoms with E-state index in [0.717, 1.165) is 17.1 Å². The number of rotatable bonds is 7. The summed E-state index contributed by atoms with van der Waals surface area (Å²) in [5, 5.41) is 2.62. The van der Waals surface area contributed by atoms with Crippen LogP contribution in [0, 0.1) is 0 Å². The standard InChI is InChI=1S/C55H37NS/c1-3-14-38(15-4-1)40-26-31-44(32-27-40)56(45-33-28-41(29-34-45)39-16-5-2-6-17-39)46-19-13-18-42(36-46)55(51-23-10-7-20-47(51)48-21-8-11-24-52(48)55)43-30-35-54-50(37-43)49-22-9-12-25-53(49)57-54/h1-37H. The normalized spacial score (nSPS) is 12.7. The molecule has 0 atom stereocenters. The van der Waals surface area contributed by atoms with Crippen LogP contribution in [0.25, 0.3) is 53.6 Å². The molecule has 2 heteroatoms. The SMILES string of the molecule is c1ccc(-c2ccc(N(c3ccc(-c4ccccc4)cc3)c3cccc(C4(c5ccc6sc7ccccc7c6c5)c5ccccc5-c5ccccc54)c3)cc2)cc1. The van der Waals surface area contributed by atoms with Crippen LogP contribution in [0.4, 0.5) is 17.1 Å². The maximum atomic E-state index is 2.47. The summed E-state index contributed by atoms with van der Waals surface area (Å²) in [6.45, 7) is 0. The van der Waals surface area contributed by atoms with Crippen molar-refractivity contribution >= 4 is 48.6 Å². The minimum absolute atomic E-state index is 0.541. The molecule has 0 unspecified atom stereocenters. The Morgan fingerprint density at radius 1 is 0.316 bits per heavy atom. The van der Waals surface area contributed by atoms with Crippen molar-refractivity contribution in [1.82, 2.24) is 0 Å². The Kier molecular flexibility index (Phi) is 7.98. The lowest BCUT2D eigenvalue weighted by molar-refractivity contribution is 0.770. The van der Waals surface area contributed by atoms with E-state index in [2.05, 4.69) is 229 Å². The van der Waals surface area contributed by atoms with Crippen molar-refractivity contribution < 1.29 is 0 Å². The molecule has 10 aromatic rings. The largest absolute Gasteiger partial charge is 0.310 e. The summed E-state index contributed by atoms with van der Waals surface area (Å²) in [7, 11) is 0. The van der Waals surface area contributed by atoms with Gasteiger partial charge in [-0.25, -0.2) is 0 Å². The van der Waals surface area contributed by atoms with Crippen molar-refractivity contribution in [2.75, 3.05) is 4.90 Å². The van der Waals surface area contributed by atoms with Gasteiger partial charge in [0.25, 0.3) is 0 Å². The molecule has 0 fully saturated rings. The smallest absolute Gasteiger partial charge is 0.0714 e. The molecular weight excluding hydrogens is 707 g/mol. The Morgan fingerprint density at radius 2 is 0.807 bits per heavy atom. The summed E-state index contributed by atoms with van der Waals surface area (Å²) in [6.07, 6.45) is 0. The third-order valence-electron chi connectivity index (χ3n) is 11.8. The maximum Gasteiger partial charge on any atom is 0.0714 e. The minimum Gasteiger partial charge on any atom is -0.310 e. The summed E-state index contributed by atoms with van der Waals surface area (Å²) in [6, 6.07) is 82.6. The van der Waals surface area contributed by atoms with Gasteiger partial charge in [-0.15, -0.1) is 11.3 Å². The second kappa shape index (κ2) is 13.6. The lowest BCUT2D eigenvalue weighted by Gasteiger charge is -2.35. The summed E-state index contributed by atoms with van der Waals surface area (Å²) in [4.78, 5) is 2.41. The topological polar surface area (TPSA) is 3.24 Å². The monoisotopic (exact) mass is 743 g/mol. The molecule has 0 saturated carbocycles. The van der Waals surface area contributed by atoms with Crippen molar-refractivity contribution in [3.8, 4) is 33.4 Å². The highest BCUT2D eigenvalue weighted by Gasteiger charge is 2.46. The first-order valence-corrected chi connectivity index (χ1v) is 20.4. The molecule has 1 aliphatic carbocycles. The summed E-state index contributed by atoms with van der Waals surface area (Å²) in [5.74, 6) is 0. The molecular formula is C55H37NS. The molecule has 1 nitrogen and oxygen atoms in total. The van der Waals surface area contributed by atoms with E-state index in [-0.39, 0.29) is 0 Å². The lowest BCUT2D eigenvalue weighted by Crippen LogP contribution is -2.28. The third-order valence-corrected chi connectivity index (χ3v) is 12.9. The molecule has 0 spiro atoms. The fraction of sp³-hybridized carbons (Fsp3) is 0.0182. The van der Waals surface area contributed by atoms with Crippen LogP contribution in [0.2, 0.25) is 0 Å². The van der Waals surface area contributed by atoms with Gasteiger partial charge in [-0.2, -0.15) is 0 Å². The zero-order chi connectivity index (χ0) is 37.8. The molecule has 0 bridgehead atoms. The molecule has 0 aliphatic heterocycles. The first-order valence-electron chi connectivity index (χ1n) is 19.6. The molecule has 268 valence electrons. The fourth-order valence-corrected chi connectivity index (χ4v) is 10.3. The summed E-state index contributed by atoms with van der Waals surface area (Å²) in [5.41, 5.74) is 15.3. The van der Waals surface area contributed by atoms with Crippen molar-refractivity contribution in [2.24, 2.45) is 0 Å². The Hall–Kier alpha value is -7.00. The van der Waals surface area contributed by atoms with E-state index in [0.29, 0.717) is 0 Å². The molecule has 1 heterocycles. The van der Waals surface area contributed by atoms with Gasteiger partial charge in [0, 0.05) is 37.2 Å². The summed E-state index contributed by atoms with van der Waals surface area (Å²) >= 11 is 1.87. The van der Waals surface area contributed by atoms with Gasteiger partial charge >= 0.3 is 0 Å². The Bertz CT molecular complexity index is 2920. The number of hydrogen-bond acceptors (Lipinski definition) is 2. The van der Waals surface area contributed by atoms with Gasteiger partial charge < -0.3 is 4.90 Å².